The van der Waals surface area contributed by atoms with E-state index in [1.54, 1.807) is 0 Å². The molecule has 1 rings (SSSR count). The van der Waals surface area contributed by atoms with Gasteiger partial charge in [0.15, 0.2) is 0 Å². The Morgan fingerprint density at radius 3 is 2.46 bits per heavy atom. The third-order valence-corrected chi connectivity index (χ3v) is 4.86. The SMILES string of the molecule is O=S(=O)(Cl)c1cc(I)c(Br)cc1F. The molecule has 0 spiro atoms. The third kappa shape index (κ3) is 2.77. The summed E-state index contributed by atoms with van der Waals surface area (Å²) < 4.78 is 35.8. The van der Waals surface area contributed by atoms with Crippen LogP contribution in [0, 0.1) is 9.39 Å². The zero-order valence-electron chi connectivity index (χ0n) is 5.89. The highest BCUT2D eigenvalue weighted by molar-refractivity contribution is 14.1. The molecule has 0 bridgehead atoms. The molecule has 2 nitrogen and oxygen atoms in total. The van der Waals surface area contributed by atoms with E-state index >= 15 is 0 Å². The van der Waals surface area contributed by atoms with Crippen LogP contribution in [0.3, 0.4) is 0 Å². The van der Waals surface area contributed by atoms with Crippen LogP contribution in [0.5, 0.6) is 0 Å². The van der Waals surface area contributed by atoms with E-state index in [-0.39, 0.29) is 0 Å². The van der Waals surface area contributed by atoms with Crippen LogP contribution >= 0.6 is 49.2 Å². The topological polar surface area (TPSA) is 34.1 Å². The fourth-order valence-electron chi connectivity index (χ4n) is 0.691. The zero-order chi connectivity index (χ0) is 10.2. The molecule has 0 radical (unpaired) electrons. The van der Waals surface area contributed by atoms with Gasteiger partial charge in [0.1, 0.15) is 10.7 Å². The van der Waals surface area contributed by atoms with Gasteiger partial charge in [-0.15, -0.1) is 0 Å². The van der Waals surface area contributed by atoms with Gasteiger partial charge in [0.2, 0.25) is 0 Å². The smallest absolute Gasteiger partial charge is 0.207 e. The van der Waals surface area contributed by atoms with Gasteiger partial charge in [-0.1, -0.05) is 0 Å². The monoisotopic (exact) mass is 398 g/mol. The van der Waals surface area contributed by atoms with Crippen molar-refractivity contribution in [1.82, 2.24) is 0 Å². The van der Waals surface area contributed by atoms with E-state index in [4.69, 9.17) is 10.7 Å². The summed E-state index contributed by atoms with van der Waals surface area (Å²) in [6.07, 6.45) is 0. The molecule has 1 aromatic carbocycles. The minimum Gasteiger partial charge on any atom is -0.207 e. The van der Waals surface area contributed by atoms with Crippen LogP contribution in [0.1, 0.15) is 0 Å². The first-order chi connectivity index (χ1) is 5.82. The molecule has 0 heterocycles. The Kier molecular flexibility index (Phi) is 3.59. The number of benzene rings is 1. The molecule has 13 heavy (non-hydrogen) atoms. The van der Waals surface area contributed by atoms with Crippen molar-refractivity contribution in [3.8, 4) is 0 Å². The molecule has 0 N–H and O–H groups in total. The Morgan fingerprint density at radius 2 is 2.00 bits per heavy atom. The highest BCUT2D eigenvalue weighted by atomic mass is 127. The standard InChI is InChI=1S/C6H2BrClFIO2S/c7-3-1-4(9)6(2-5(3)10)13(8,11)12/h1-2H. The largest absolute Gasteiger partial charge is 0.264 e. The Morgan fingerprint density at radius 1 is 1.46 bits per heavy atom. The second kappa shape index (κ2) is 4.00. The third-order valence-electron chi connectivity index (χ3n) is 1.24. The molecular formula is C6H2BrClFIO2S. The summed E-state index contributed by atoms with van der Waals surface area (Å²) in [6, 6.07) is 2.24. The van der Waals surface area contributed by atoms with Crippen molar-refractivity contribution in [3.05, 3.63) is 26.0 Å². The van der Waals surface area contributed by atoms with Crippen molar-refractivity contribution < 1.29 is 12.8 Å². The Hall–Kier alpha value is 0.600. The molecule has 0 aliphatic rings. The summed E-state index contributed by atoms with van der Waals surface area (Å²) in [5.41, 5.74) is 0. The normalized spacial score (nSPS) is 11.7. The molecule has 0 aliphatic carbocycles. The van der Waals surface area contributed by atoms with E-state index in [9.17, 15) is 12.8 Å². The average Bonchev–Trinajstić information content (AvgIpc) is 1.94. The molecule has 72 valence electrons. The van der Waals surface area contributed by atoms with Gasteiger partial charge in [-0.2, -0.15) is 0 Å². The fourth-order valence-corrected chi connectivity index (χ4v) is 2.59. The maximum absolute atomic E-state index is 13.0. The first kappa shape index (κ1) is 11.7. The lowest BCUT2D eigenvalue weighted by molar-refractivity contribution is 0.574. The molecule has 0 aromatic heterocycles. The van der Waals surface area contributed by atoms with Crippen LogP contribution in [0.2, 0.25) is 0 Å². The Labute approximate surface area is 101 Å². The van der Waals surface area contributed by atoms with Crippen LogP contribution < -0.4 is 0 Å². The van der Waals surface area contributed by atoms with Gasteiger partial charge in [0.05, 0.1) is 0 Å². The maximum atomic E-state index is 13.0. The lowest BCUT2D eigenvalue weighted by atomic mass is 10.3. The minimum atomic E-state index is -4.00. The lowest BCUT2D eigenvalue weighted by Crippen LogP contribution is -1.96. The Bertz CT molecular complexity index is 448. The molecule has 0 fully saturated rings. The van der Waals surface area contributed by atoms with Crippen LogP contribution in [-0.4, -0.2) is 8.42 Å². The van der Waals surface area contributed by atoms with Gasteiger partial charge < -0.3 is 0 Å². The van der Waals surface area contributed by atoms with Crippen molar-refractivity contribution in [2.24, 2.45) is 0 Å². The van der Waals surface area contributed by atoms with E-state index in [1.165, 1.54) is 6.07 Å². The maximum Gasteiger partial charge on any atom is 0.264 e. The van der Waals surface area contributed by atoms with E-state index in [2.05, 4.69) is 15.9 Å². The van der Waals surface area contributed by atoms with E-state index in [0.29, 0.717) is 8.04 Å². The van der Waals surface area contributed by atoms with E-state index in [0.717, 1.165) is 6.07 Å². The molecule has 0 aliphatic heterocycles. The van der Waals surface area contributed by atoms with Crippen molar-refractivity contribution in [3.63, 3.8) is 0 Å². The first-order valence-corrected chi connectivity index (χ1v) is 7.09. The molecule has 0 saturated carbocycles. The predicted octanol–water partition coefficient (Wildman–Crippen LogP) is 3.12. The van der Waals surface area contributed by atoms with E-state index in [1.807, 2.05) is 22.6 Å². The van der Waals surface area contributed by atoms with Gasteiger partial charge in [-0.3, -0.25) is 0 Å². The molecule has 1 aromatic rings. The quantitative estimate of drug-likeness (QED) is 0.413. The van der Waals surface area contributed by atoms with Gasteiger partial charge in [0, 0.05) is 18.7 Å². The summed E-state index contributed by atoms with van der Waals surface area (Å²) in [6.45, 7) is 0. The van der Waals surface area contributed by atoms with Gasteiger partial charge >= 0.3 is 0 Å². The summed E-state index contributed by atoms with van der Waals surface area (Å²) in [4.78, 5) is -0.498. The Balaban J connectivity index is 3.50. The summed E-state index contributed by atoms with van der Waals surface area (Å²) in [5, 5.41) is 0. The van der Waals surface area contributed by atoms with Crippen molar-refractivity contribution >= 4 is 58.3 Å². The van der Waals surface area contributed by atoms with E-state index < -0.39 is 19.8 Å². The lowest BCUT2D eigenvalue weighted by Gasteiger charge is -2.01. The molecule has 0 unspecified atom stereocenters. The zero-order valence-corrected chi connectivity index (χ0v) is 11.2. The summed E-state index contributed by atoms with van der Waals surface area (Å²) in [7, 11) is 1.00. The number of hydrogen-bond donors (Lipinski definition) is 0. The number of hydrogen-bond acceptors (Lipinski definition) is 2. The van der Waals surface area contributed by atoms with Crippen molar-refractivity contribution in [2.45, 2.75) is 4.90 Å². The summed E-state index contributed by atoms with van der Waals surface area (Å²) in [5.74, 6) is -0.859. The molecule has 7 heteroatoms. The molecule has 0 amide bonds. The second-order valence-corrected chi connectivity index (χ2v) is 6.69. The average molecular weight is 399 g/mol. The minimum absolute atomic E-state index is 0.495. The molecule has 0 saturated heterocycles. The molecular weight excluding hydrogens is 397 g/mol. The van der Waals surface area contributed by atoms with Gasteiger partial charge in [-0.05, 0) is 50.7 Å². The highest BCUT2D eigenvalue weighted by Gasteiger charge is 2.17. The van der Waals surface area contributed by atoms with Crippen molar-refractivity contribution in [2.75, 3.05) is 0 Å². The number of rotatable bonds is 1. The predicted molar refractivity (Wildman–Crippen MR) is 59.9 cm³/mol. The second-order valence-electron chi connectivity index (χ2n) is 2.13. The van der Waals surface area contributed by atoms with Crippen molar-refractivity contribution in [1.29, 1.82) is 0 Å². The first-order valence-electron chi connectivity index (χ1n) is 2.91. The number of halogens is 4. The fraction of sp³-hybridized carbons (Fsp3) is 0. The van der Waals surface area contributed by atoms with Crippen LogP contribution in [0.4, 0.5) is 4.39 Å². The summed E-state index contributed by atoms with van der Waals surface area (Å²) >= 11 is 4.93. The highest BCUT2D eigenvalue weighted by Crippen LogP contribution is 2.27. The van der Waals surface area contributed by atoms with Gasteiger partial charge in [-0.25, -0.2) is 12.8 Å². The van der Waals surface area contributed by atoms with Crippen LogP contribution in [-0.2, 0) is 9.05 Å². The van der Waals surface area contributed by atoms with Crippen LogP contribution in [0.25, 0.3) is 0 Å². The van der Waals surface area contributed by atoms with Gasteiger partial charge in [0.25, 0.3) is 9.05 Å². The molecule has 0 atom stereocenters. The van der Waals surface area contributed by atoms with Crippen LogP contribution in [0.15, 0.2) is 21.5 Å².